The Morgan fingerprint density at radius 2 is 1.46 bits per heavy atom. The van der Waals surface area contributed by atoms with Crippen molar-refractivity contribution >= 4 is 28.1 Å². The largest absolute Gasteiger partial charge is 0.786 e. The summed E-state index contributed by atoms with van der Waals surface area (Å²) >= 11 is 0. The summed E-state index contributed by atoms with van der Waals surface area (Å²) in [4.78, 5) is 24.0. The minimum absolute atomic E-state index is 0.135. The maximum absolute atomic E-state index is 12.8. The van der Waals surface area contributed by atoms with Crippen LogP contribution >= 0.6 is 16.7 Å². The molecule has 2 saturated heterocycles. The van der Waals surface area contributed by atoms with E-state index in [9.17, 15) is 9.79 Å². The second kappa shape index (κ2) is 8.19. The Bertz CT molecular complexity index is 787. The highest BCUT2D eigenvalue weighted by molar-refractivity contribution is 7.60. The smallest absolute Gasteiger partial charge is 0.335 e. The SMILES string of the molecule is Nc1ccc(Cc2ccc(N[P+]3([O-])OCC4(COP([O-])OC4)CO3)cc2)cc1. The molecule has 8 nitrogen and oxygen atoms in total. The van der Waals surface area contributed by atoms with Crippen molar-refractivity contribution in [2.24, 2.45) is 5.41 Å². The lowest BCUT2D eigenvalue weighted by Gasteiger charge is -2.45. The van der Waals surface area contributed by atoms with Crippen LogP contribution < -0.4 is 20.6 Å². The molecule has 0 aliphatic carbocycles. The Morgan fingerprint density at radius 1 is 0.929 bits per heavy atom. The maximum Gasteiger partial charge on any atom is 0.335 e. The number of nitrogens with two attached hydrogens (primary N) is 1. The van der Waals surface area contributed by atoms with Crippen LogP contribution in [0.3, 0.4) is 0 Å². The molecule has 2 aliphatic rings. The average Bonchev–Trinajstić information content (AvgIpc) is 2.70. The number of hydrogen-bond donors (Lipinski definition) is 2. The van der Waals surface area contributed by atoms with Gasteiger partial charge < -0.3 is 24.6 Å². The van der Waals surface area contributed by atoms with Gasteiger partial charge in [0.2, 0.25) is 0 Å². The van der Waals surface area contributed by atoms with Crippen LogP contribution in [-0.4, -0.2) is 26.4 Å². The van der Waals surface area contributed by atoms with Crippen LogP contribution in [0.1, 0.15) is 11.1 Å². The third-order valence-electron chi connectivity index (χ3n) is 4.64. The number of benzene rings is 2. The molecule has 2 aliphatic heterocycles. The molecule has 1 spiro atoms. The molecule has 0 saturated carbocycles. The molecule has 2 heterocycles. The van der Waals surface area contributed by atoms with E-state index in [1.54, 1.807) is 0 Å². The topological polar surface area (TPSA) is 121 Å². The third-order valence-corrected chi connectivity index (χ3v) is 6.79. The van der Waals surface area contributed by atoms with Crippen molar-refractivity contribution in [3.05, 3.63) is 59.7 Å². The van der Waals surface area contributed by atoms with Crippen molar-refractivity contribution in [1.29, 1.82) is 0 Å². The van der Waals surface area contributed by atoms with Gasteiger partial charge in [0.25, 0.3) is 0 Å². The summed E-state index contributed by atoms with van der Waals surface area (Å²) in [6, 6.07) is 15.3. The molecular weight excluding hydrogens is 402 g/mol. The molecule has 3 N–H and O–H groups in total. The number of rotatable bonds is 4. The molecule has 28 heavy (non-hydrogen) atoms. The molecule has 2 aromatic carbocycles. The van der Waals surface area contributed by atoms with Crippen LogP contribution in [0.4, 0.5) is 11.4 Å². The monoisotopic (exact) mass is 423 g/mol. The molecule has 2 aromatic rings. The summed E-state index contributed by atoms with van der Waals surface area (Å²) < 4.78 is 21.1. The summed E-state index contributed by atoms with van der Waals surface area (Å²) in [6.07, 6.45) is 0.774. The van der Waals surface area contributed by atoms with Crippen molar-refractivity contribution in [2.45, 2.75) is 6.42 Å². The van der Waals surface area contributed by atoms with Crippen LogP contribution in [-0.2, 0) is 24.5 Å². The summed E-state index contributed by atoms with van der Waals surface area (Å²) in [5.74, 6) is 0. The van der Waals surface area contributed by atoms with Crippen LogP contribution in [0, 0.1) is 5.41 Å². The predicted molar refractivity (Wildman–Crippen MR) is 104 cm³/mol. The van der Waals surface area contributed by atoms with Crippen LogP contribution in [0.25, 0.3) is 0 Å². The van der Waals surface area contributed by atoms with E-state index in [0.717, 1.165) is 23.2 Å². The van der Waals surface area contributed by atoms with Crippen molar-refractivity contribution in [3.63, 3.8) is 0 Å². The predicted octanol–water partition coefficient (Wildman–Crippen LogP) is 1.98. The highest BCUT2D eigenvalue weighted by atomic mass is 31.2. The van der Waals surface area contributed by atoms with Crippen molar-refractivity contribution in [2.75, 3.05) is 37.2 Å². The van der Waals surface area contributed by atoms with Gasteiger partial charge in [-0.1, -0.05) is 24.3 Å². The second-order valence-electron chi connectivity index (χ2n) is 7.04. The summed E-state index contributed by atoms with van der Waals surface area (Å²) in [6.45, 7) is 0.634. The summed E-state index contributed by atoms with van der Waals surface area (Å²) in [5, 5.41) is 2.84. The van der Waals surface area contributed by atoms with Gasteiger partial charge >= 0.3 is 8.09 Å². The van der Waals surface area contributed by atoms with Gasteiger partial charge in [-0.05, 0) is 41.8 Å². The van der Waals surface area contributed by atoms with E-state index >= 15 is 0 Å². The molecule has 0 radical (unpaired) electrons. The van der Waals surface area contributed by atoms with E-state index in [2.05, 4.69) is 5.09 Å². The molecule has 0 bridgehead atoms. The Balaban J connectivity index is 1.33. The van der Waals surface area contributed by atoms with Gasteiger partial charge in [0.05, 0.1) is 32.9 Å². The van der Waals surface area contributed by atoms with Gasteiger partial charge in [0.1, 0.15) is 13.2 Å². The quantitative estimate of drug-likeness (QED) is 0.566. The van der Waals surface area contributed by atoms with Gasteiger partial charge in [-0.25, -0.2) is 5.09 Å². The van der Waals surface area contributed by atoms with Crippen LogP contribution in [0.2, 0.25) is 0 Å². The van der Waals surface area contributed by atoms with Crippen molar-refractivity contribution in [3.8, 4) is 0 Å². The van der Waals surface area contributed by atoms with E-state index < -0.39 is 22.1 Å². The zero-order chi connectivity index (χ0) is 19.6. The molecule has 0 amide bonds. The lowest BCUT2D eigenvalue weighted by atomic mass is 9.93. The minimum atomic E-state index is -3.48. The Hall–Kier alpha value is -1.34. The van der Waals surface area contributed by atoms with Gasteiger partial charge in [0, 0.05) is 5.69 Å². The van der Waals surface area contributed by atoms with Crippen LogP contribution in [0.5, 0.6) is 0 Å². The standard InChI is InChI=1S/C18H21N2O6P2/c19-16-5-1-14(2-6-16)9-15-3-7-17(8-4-15)20-28(22)25-12-18(13-26-28)10-23-27(21)24-11-18/h1-8H,9-13,19H2,(H,20,22)/q-1. The number of anilines is 2. The van der Waals surface area contributed by atoms with E-state index in [1.165, 1.54) is 0 Å². The first kappa shape index (κ1) is 20.0. The summed E-state index contributed by atoms with van der Waals surface area (Å²) in [5.41, 5.74) is 8.78. The van der Waals surface area contributed by atoms with E-state index in [-0.39, 0.29) is 26.4 Å². The van der Waals surface area contributed by atoms with Gasteiger partial charge in [-0.2, -0.15) is 9.05 Å². The zero-order valence-electron chi connectivity index (χ0n) is 15.1. The van der Waals surface area contributed by atoms with Gasteiger partial charge in [-0.15, -0.1) is 0 Å². The summed E-state index contributed by atoms with van der Waals surface area (Å²) in [7, 11) is -5.56. The minimum Gasteiger partial charge on any atom is -0.786 e. The fraction of sp³-hybridized carbons (Fsp3) is 0.333. The molecular formula is C18H21N2O6P2-. The second-order valence-corrected chi connectivity index (χ2v) is 9.74. The highest BCUT2D eigenvalue weighted by Gasteiger charge is 2.48. The van der Waals surface area contributed by atoms with Gasteiger partial charge in [0.15, 0.2) is 0 Å². The molecule has 0 atom stereocenters. The number of hydrogen-bond acceptors (Lipinski definition) is 8. The Labute approximate surface area is 165 Å². The number of nitrogens with one attached hydrogen (secondary N) is 1. The zero-order valence-corrected chi connectivity index (χ0v) is 16.9. The first-order valence-corrected chi connectivity index (χ1v) is 11.4. The maximum atomic E-state index is 12.8. The first-order chi connectivity index (χ1) is 13.4. The van der Waals surface area contributed by atoms with Crippen molar-refractivity contribution in [1.82, 2.24) is 0 Å². The lowest BCUT2D eigenvalue weighted by Crippen LogP contribution is -2.48. The van der Waals surface area contributed by atoms with Crippen molar-refractivity contribution < 1.29 is 27.9 Å². The fourth-order valence-electron chi connectivity index (χ4n) is 2.94. The Kier molecular flexibility index (Phi) is 5.83. The lowest BCUT2D eigenvalue weighted by molar-refractivity contribution is -0.248. The number of nitrogen functional groups attached to an aromatic ring is 1. The fourth-order valence-corrected chi connectivity index (χ4v) is 5.33. The molecule has 0 unspecified atom stereocenters. The van der Waals surface area contributed by atoms with E-state index in [1.807, 2.05) is 48.5 Å². The van der Waals surface area contributed by atoms with Crippen LogP contribution in [0.15, 0.2) is 48.5 Å². The Morgan fingerprint density at radius 3 is 2.04 bits per heavy atom. The highest BCUT2D eigenvalue weighted by Crippen LogP contribution is 2.58. The molecule has 4 rings (SSSR count). The molecule has 0 aromatic heterocycles. The first-order valence-electron chi connectivity index (χ1n) is 8.78. The average molecular weight is 423 g/mol. The normalized spacial score (nSPS) is 30.3. The molecule has 2 fully saturated rings. The third kappa shape index (κ3) is 4.79. The van der Waals surface area contributed by atoms with E-state index in [4.69, 9.17) is 23.8 Å². The molecule has 150 valence electrons. The molecule has 10 heteroatoms. The van der Waals surface area contributed by atoms with Gasteiger partial charge in [-0.3, -0.25) is 0 Å². The van der Waals surface area contributed by atoms with E-state index in [0.29, 0.717) is 5.69 Å².